The highest BCUT2D eigenvalue weighted by molar-refractivity contribution is 5.85. The molecular formula is C14H13NO3. The van der Waals surface area contributed by atoms with E-state index in [1.54, 1.807) is 12.1 Å². The molecule has 0 aliphatic carbocycles. The van der Waals surface area contributed by atoms with Gasteiger partial charge >= 0.3 is 5.97 Å². The molecule has 92 valence electrons. The van der Waals surface area contributed by atoms with E-state index < -0.39 is 5.97 Å². The van der Waals surface area contributed by atoms with Gasteiger partial charge in [0.2, 0.25) is 0 Å². The van der Waals surface area contributed by atoms with Gasteiger partial charge in [-0.3, -0.25) is 0 Å². The molecule has 0 aliphatic rings. The van der Waals surface area contributed by atoms with Crippen molar-refractivity contribution in [3.05, 3.63) is 59.4 Å². The Morgan fingerprint density at radius 1 is 1.28 bits per heavy atom. The number of hydrogen-bond acceptors (Lipinski definition) is 3. The number of carbonyl (C=O) groups is 1. The summed E-state index contributed by atoms with van der Waals surface area (Å²) in [5.74, 6) is -0.287. The minimum atomic E-state index is -1.03. The number of carboxylic acid groups (broad SMARTS) is 1. The van der Waals surface area contributed by atoms with Gasteiger partial charge in [0, 0.05) is 0 Å². The molecular weight excluding hydrogens is 230 g/mol. The average Bonchev–Trinajstić information content (AvgIpc) is 2.37. The molecule has 0 saturated heterocycles. The molecule has 1 heterocycles. The molecule has 1 aromatic heterocycles. The summed E-state index contributed by atoms with van der Waals surface area (Å²) in [5.41, 5.74) is 1.73. The second kappa shape index (κ2) is 5.31. The van der Waals surface area contributed by atoms with E-state index in [0.717, 1.165) is 11.3 Å². The zero-order valence-corrected chi connectivity index (χ0v) is 9.96. The number of aryl methyl sites for hydroxylation is 1. The summed E-state index contributed by atoms with van der Waals surface area (Å²) in [7, 11) is 0. The second-order valence-electron chi connectivity index (χ2n) is 3.92. The SMILES string of the molecule is Cc1cccc(OCc2cccc(C(=O)O)n2)c1. The summed E-state index contributed by atoms with van der Waals surface area (Å²) in [6.07, 6.45) is 0. The number of aromatic carboxylic acids is 1. The van der Waals surface area contributed by atoms with Crippen molar-refractivity contribution in [2.75, 3.05) is 0 Å². The fourth-order valence-corrected chi connectivity index (χ4v) is 1.54. The summed E-state index contributed by atoms with van der Waals surface area (Å²) in [6.45, 7) is 2.24. The number of nitrogens with zero attached hydrogens (tertiary/aromatic N) is 1. The van der Waals surface area contributed by atoms with E-state index in [1.165, 1.54) is 6.07 Å². The van der Waals surface area contributed by atoms with E-state index in [1.807, 2.05) is 31.2 Å². The number of aromatic nitrogens is 1. The zero-order valence-electron chi connectivity index (χ0n) is 9.96. The largest absolute Gasteiger partial charge is 0.487 e. The van der Waals surface area contributed by atoms with Crippen LogP contribution in [-0.2, 0) is 6.61 Å². The molecule has 0 atom stereocenters. The first-order valence-corrected chi connectivity index (χ1v) is 5.54. The second-order valence-corrected chi connectivity index (χ2v) is 3.92. The van der Waals surface area contributed by atoms with Crippen LogP contribution in [0.15, 0.2) is 42.5 Å². The maximum absolute atomic E-state index is 10.8. The summed E-state index contributed by atoms with van der Waals surface area (Å²) in [4.78, 5) is 14.8. The number of ether oxygens (including phenoxy) is 1. The Bertz CT molecular complexity index is 566. The van der Waals surface area contributed by atoms with Crippen LogP contribution >= 0.6 is 0 Å². The Balaban J connectivity index is 2.06. The van der Waals surface area contributed by atoms with Crippen molar-refractivity contribution in [2.45, 2.75) is 13.5 Å². The lowest BCUT2D eigenvalue weighted by molar-refractivity contribution is 0.0690. The molecule has 0 amide bonds. The highest BCUT2D eigenvalue weighted by atomic mass is 16.5. The van der Waals surface area contributed by atoms with E-state index in [2.05, 4.69) is 4.98 Å². The van der Waals surface area contributed by atoms with Gasteiger partial charge in [-0.1, -0.05) is 18.2 Å². The van der Waals surface area contributed by atoms with Gasteiger partial charge in [-0.15, -0.1) is 0 Å². The predicted octanol–water partition coefficient (Wildman–Crippen LogP) is 2.67. The van der Waals surface area contributed by atoms with E-state index in [4.69, 9.17) is 9.84 Å². The smallest absolute Gasteiger partial charge is 0.354 e. The lowest BCUT2D eigenvalue weighted by atomic mass is 10.2. The van der Waals surface area contributed by atoms with E-state index in [9.17, 15) is 4.79 Å². The van der Waals surface area contributed by atoms with Gasteiger partial charge in [-0.05, 0) is 36.8 Å². The minimum Gasteiger partial charge on any atom is -0.487 e. The van der Waals surface area contributed by atoms with E-state index in [0.29, 0.717) is 5.69 Å². The first-order valence-electron chi connectivity index (χ1n) is 5.54. The molecule has 0 radical (unpaired) electrons. The summed E-state index contributed by atoms with van der Waals surface area (Å²) in [5, 5.41) is 8.83. The van der Waals surface area contributed by atoms with Crippen LogP contribution in [-0.4, -0.2) is 16.1 Å². The molecule has 4 nitrogen and oxygen atoms in total. The molecule has 18 heavy (non-hydrogen) atoms. The van der Waals surface area contributed by atoms with Crippen molar-refractivity contribution in [1.82, 2.24) is 4.98 Å². The first kappa shape index (κ1) is 12.1. The third kappa shape index (κ3) is 3.07. The zero-order chi connectivity index (χ0) is 13.0. The Hall–Kier alpha value is -2.36. The van der Waals surface area contributed by atoms with Crippen LogP contribution in [0.4, 0.5) is 0 Å². The fraction of sp³-hybridized carbons (Fsp3) is 0.143. The number of carboxylic acids is 1. The predicted molar refractivity (Wildman–Crippen MR) is 66.7 cm³/mol. The van der Waals surface area contributed by atoms with Gasteiger partial charge in [-0.2, -0.15) is 0 Å². The highest BCUT2D eigenvalue weighted by Gasteiger charge is 2.05. The molecule has 2 rings (SSSR count). The monoisotopic (exact) mass is 243 g/mol. The van der Waals surface area contributed by atoms with E-state index in [-0.39, 0.29) is 12.3 Å². The van der Waals surface area contributed by atoms with Gasteiger partial charge in [-0.25, -0.2) is 9.78 Å². The minimum absolute atomic E-state index is 0.0281. The molecule has 0 spiro atoms. The van der Waals surface area contributed by atoms with Gasteiger partial charge in [0.1, 0.15) is 18.1 Å². The average molecular weight is 243 g/mol. The lowest BCUT2D eigenvalue weighted by Gasteiger charge is -2.06. The van der Waals surface area contributed by atoms with Crippen LogP contribution in [0.1, 0.15) is 21.7 Å². The van der Waals surface area contributed by atoms with Crippen molar-refractivity contribution >= 4 is 5.97 Å². The molecule has 0 saturated carbocycles. The molecule has 0 aliphatic heterocycles. The van der Waals surface area contributed by atoms with Crippen molar-refractivity contribution < 1.29 is 14.6 Å². The van der Waals surface area contributed by atoms with Crippen LogP contribution in [0.2, 0.25) is 0 Å². The molecule has 0 bridgehead atoms. The lowest BCUT2D eigenvalue weighted by Crippen LogP contribution is -2.04. The van der Waals surface area contributed by atoms with Crippen LogP contribution in [0.3, 0.4) is 0 Å². The molecule has 4 heteroatoms. The number of pyridine rings is 1. The molecule has 1 N–H and O–H groups in total. The summed E-state index contributed by atoms with van der Waals surface area (Å²) < 4.78 is 5.55. The Morgan fingerprint density at radius 3 is 2.78 bits per heavy atom. The van der Waals surface area contributed by atoms with E-state index >= 15 is 0 Å². The number of hydrogen-bond donors (Lipinski definition) is 1. The van der Waals surface area contributed by atoms with Crippen LogP contribution in [0, 0.1) is 6.92 Å². The number of benzene rings is 1. The normalized spacial score (nSPS) is 10.1. The highest BCUT2D eigenvalue weighted by Crippen LogP contribution is 2.14. The number of rotatable bonds is 4. The Labute approximate surface area is 105 Å². The van der Waals surface area contributed by atoms with Gasteiger partial charge in [0.05, 0.1) is 5.69 Å². The molecule has 2 aromatic rings. The van der Waals surface area contributed by atoms with Gasteiger partial charge in [0.25, 0.3) is 0 Å². The van der Waals surface area contributed by atoms with Crippen molar-refractivity contribution in [3.63, 3.8) is 0 Å². The Kier molecular flexibility index (Phi) is 3.57. The van der Waals surface area contributed by atoms with Crippen LogP contribution in [0.25, 0.3) is 0 Å². The van der Waals surface area contributed by atoms with Crippen molar-refractivity contribution in [1.29, 1.82) is 0 Å². The van der Waals surface area contributed by atoms with Crippen LogP contribution < -0.4 is 4.74 Å². The summed E-state index contributed by atoms with van der Waals surface area (Å²) in [6, 6.07) is 12.5. The molecule has 1 aromatic carbocycles. The third-order valence-corrected chi connectivity index (χ3v) is 2.40. The maximum Gasteiger partial charge on any atom is 0.354 e. The third-order valence-electron chi connectivity index (χ3n) is 2.40. The molecule has 0 unspecified atom stereocenters. The first-order chi connectivity index (χ1) is 8.65. The standard InChI is InChI=1S/C14H13NO3/c1-10-4-2-6-12(8-10)18-9-11-5-3-7-13(15-11)14(16)17/h2-8H,9H2,1H3,(H,16,17). The van der Waals surface area contributed by atoms with Crippen molar-refractivity contribution in [3.8, 4) is 5.75 Å². The summed E-state index contributed by atoms with van der Waals surface area (Å²) >= 11 is 0. The maximum atomic E-state index is 10.8. The fourth-order valence-electron chi connectivity index (χ4n) is 1.54. The quantitative estimate of drug-likeness (QED) is 0.896. The van der Waals surface area contributed by atoms with Gasteiger partial charge in [0.15, 0.2) is 0 Å². The van der Waals surface area contributed by atoms with Gasteiger partial charge < -0.3 is 9.84 Å². The topological polar surface area (TPSA) is 59.4 Å². The Morgan fingerprint density at radius 2 is 2.06 bits per heavy atom. The van der Waals surface area contributed by atoms with Crippen molar-refractivity contribution in [2.24, 2.45) is 0 Å². The molecule has 0 fully saturated rings. The van der Waals surface area contributed by atoms with Crippen LogP contribution in [0.5, 0.6) is 5.75 Å².